The van der Waals surface area contributed by atoms with Gasteiger partial charge in [0, 0.05) is 18.4 Å². The summed E-state index contributed by atoms with van der Waals surface area (Å²) >= 11 is 0. The zero-order valence-corrected chi connectivity index (χ0v) is 10.8. The molecule has 1 aromatic rings. The van der Waals surface area contributed by atoms with Crippen LogP contribution < -0.4 is 0 Å². The fourth-order valence-electron chi connectivity index (χ4n) is 3.61. The molecule has 3 rings (SSSR count). The normalized spacial score (nSPS) is 34.0. The highest BCUT2D eigenvalue weighted by molar-refractivity contribution is 5.38. The first-order chi connectivity index (χ1) is 8.70. The van der Waals surface area contributed by atoms with Crippen molar-refractivity contribution < 1.29 is 5.11 Å². The smallest absolute Gasteiger partial charge is 0.0468 e. The van der Waals surface area contributed by atoms with Crippen LogP contribution in [0.15, 0.2) is 48.6 Å². The second-order valence-electron chi connectivity index (χ2n) is 5.71. The van der Waals surface area contributed by atoms with Gasteiger partial charge in [0.1, 0.15) is 0 Å². The fourth-order valence-corrected chi connectivity index (χ4v) is 3.61. The van der Waals surface area contributed by atoms with Crippen LogP contribution in [0.2, 0.25) is 0 Å². The second-order valence-corrected chi connectivity index (χ2v) is 5.71. The molecule has 1 heteroatoms. The molecule has 2 aliphatic carbocycles. The minimum Gasteiger partial charge on any atom is -0.396 e. The average Bonchev–Trinajstić information content (AvgIpc) is 2.58. The highest BCUT2D eigenvalue weighted by Crippen LogP contribution is 2.51. The standard InChI is InChI=1S/C17H20O/c1-11-4-3-5-13(8-11)16-7-6-15-12(2)17(16)9-14(15)10-18/h3-8,14-18H,2,9-10H2,1H3/t14-,15-,16+,17-/m0/s1. The third-order valence-electron chi connectivity index (χ3n) is 4.59. The maximum absolute atomic E-state index is 9.46. The van der Waals surface area contributed by atoms with Crippen molar-refractivity contribution in [1.82, 2.24) is 0 Å². The molecule has 1 aromatic carbocycles. The van der Waals surface area contributed by atoms with Crippen molar-refractivity contribution in [3.05, 3.63) is 59.7 Å². The van der Waals surface area contributed by atoms with Crippen LogP contribution in [-0.2, 0) is 0 Å². The van der Waals surface area contributed by atoms with Crippen LogP contribution in [0.25, 0.3) is 0 Å². The summed E-state index contributed by atoms with van der Waals surface area (Å²) in [4.78, 5) is 0. The molecule has 0 saturated heterocycles. The monoisotopic (exact) mass is 240 g/mol. The van der Waals surface area contributed by atoms with E-state index in [2.05, 4.69) is 49.9 Å². The number of hydrogen-bond donors (Lipinski definition) is 1. The first-order valence-electron chi connectivity index (χ1n) is 6.75. The number of allylic oxidation sites excluding steroid dienone is 3. The topological polar surface area (TPSA) is 20.2 Å². The first-order valence-corrected chi connectivity index (χ1v) is 6.75. The summed E-state index contributed by atoms with van der Waals surface area (Å²) < 4.78 is 0. The fraction of sp³-hybridized carbons (Fsp3) is 0.412. The van der Waals surface area contributed by atoms with Gasteiger partial charge in [-0.3, -0.25) is 0 Å². The molecular formula is C17H20O. The number of rotatable bonds is 2. The van der Waals surface area contributed by atoms with Crippen LogP contribution in [-0.4, -0.2) is 11.7 Å². The van der Waals surface area contributed by atoms with Crippen LogP contribution in [0.1, 0.15) is 23.5 Å². The maximum atomic E-state index is 9.46. The van der Waals surface area contributed by atoms with E-state index in [9.17, 15) is 5.11 Å². The van der Waals surface area contributed by atoms with Crippen LogP contribution in [0.3, 0.4) is 0 Å². The molecule has 0 radical (unpaired) electrons. The summed E-state index contributed by atoms with van der Waals surface area (Å²) in [5.41, 5.74) is 4.02. The molecule has 0 aliphatic heterocycles. The van der Waals surface area contributed by atoms with E-state index in [0.717, 1.165) is 6.42 Å². The lowest BCUT2D eigenvalue weighted by Crippen LogP contribution is -2.15. The van der Waals surface area contributed by atoms with Gasteiger partial charge in [-0.2, -0.15) is 0 Å². The lowest BCUT2D eigenvalue weighted by atomic mass is 9.78. The molecule has 0 unspecified atom stereocenters. The van der Waals surface area contributed by atoms with Gasteiger partial charge in [0.15, 0.2) is 0 Å². The van der Waals surface area contributed by atoms with Crippen molar-refractivity contribution in [2.45, 2.75) is 19.3 Å². The van der Waals surface area contributed by atoms with Crippen molar-refractivity contribution in [2.24, 2.45) is 17.8 Å². The molecule has 0 spiro atoms. The molecule has 2 bridgehead atoms. The van der Waals surface area contributed by atoms with E-state index in [1.165, 1.54) is 16.7 Å². The molecular weight excluding hydrogens is 220 g/mol. The molecule has 94 valence electrons. The largest absolute Gasteiger partial charge is 0.396 e. The average molecular weight is 240 g/mol. The molecule has 1 fully saturated rings. The Morgan fingerprint density at radius 3 is 2.78 bits per heavy atom. The van der Waals surface area contributed by atoms with E-state index in [1.807, 2.05) is 0 Å². The quantitative estimate of drug-likeness (QED) is 0.785. The Morgan fingerprint density at radius 2 is 2.06 bits per heavy atom. The third kappa shape index (κ3) is 1.74. The molecule has 1 nitrogen and oxygen atoms in total. The zero-order valence-electron chi connectivity index (χ0n) is 10.8. The molecule has 18 heavy (non-hydrogen) atoms. The summed E-state index contributed by atoms with van der Waals surface area (Å²) in [5, 5.41) is 9.46. The summed E-state index contributed by atoms with van der Waals surface area (Å²) in [6, 6.07) is 8.75. The SMILES string of the molecule is C=C1[C@@H]2C=C[C@H](c3cccc(C)c3)[C@H]1C[C@H]2CO. The predicted molar refractivity (Wildman–Crippen MR) is 74.4 cm³/mol. The zero-order chi connectivity index (χ0) is 12.7. The van der Waals surface area contributed by atoms with Crippen molar-refractivity contribution in [1.29, 1.82) is 0 Å². The third-order valence-corrected chi connectivity index (χ3v) is 4.59. The van der Waals surface area contributed by atoms with Gasteiger partial charge in [0.25, 0.3) is 0 Å². The van der Waals surface area contributed by atoms with Crippen LogP contribution in [0.5, 0.6) is 0 Å². The van der Waals surface area contributed by atoms with Gasteiger partial charge < -0.3 is 5.11 Å². The molecule has 0 aromatic heterocycles. The molecule has 1 N–H and O–H groups in total. The Hall–Kier alpha value is -1.34. The van der Waals surface area contributed by atoms with E-state index < -0.39 is 0 Å². The molecule has 0 amide bonds. The van der Waals surface area contributed by atoms with Crippen LogP contribution in [0.4, 0.5) is 0 Å². The molecule has 0 heterocycles. The molecule has 4 atom stereocenters. The Morgan fingerprint density at radius 1 is 1.28 bits per heavy atom. The summed E-state index contributed by atoms with van der Waals surface area (Å²) in [5.74, 6) is 1.75. The molecule has 2 aliphatic rings. The van der Waals surface area contributed by atoms with Gasteiger partial charge in [-0.15, -0.1) is 0 Å². The molecule has 1 saturated carbocycles. The van der Waals surface area contributed by atoms with E-state index in [1.54, 1.807) is 0 Å². The summed E-state index contributed by atoms with van der Waals surface area (Å²) in [6.07, 6.45) is 5.67. The van der Waals surface area contributed by atoms with Crippen molar-refractivity contribution in [3.8, 4) is 0 Å². The van der Waals surface area contributed by atoms with Crippen molar-refractivity contribution in [3.63, 3.8) is 0 Å². The number of aryl methyl sites for hydroxylation is 1. The Kier molecular flexibility index (Phi) is 2.87. The predicted octanol–water partition coefficient (Wildman–Crippen LogP) is 3.45. The highest BCUT2D eigenvalue weighted by atomic mass is 16.3. The van der Waals surface area contributed by atoms with Crippen LogP contribution >= 0.6 is 0 Å². The van der Waals surface area contributed by atoms with E-state index in [4.69, 9.17) is 0 Å². The van der Waals surface area contributed by atoms with Gasteiger partial charge in [-0.25, -0.2) is 0 Å². The van der Waals surface area contributed by atoms with Crippen LogP contribution in [0, 0.1) is 24.7 Å². The highest BCUT2D eigenvalue weighted by Gasteiger charge is 2.42. The minimum absolute atomic E-state index is 0.283. The first kappa shape index (κ1) is 11.7. The summed E-state index contributed by atoms with van der Waals surface area (Å²) in [6.45, 7) is 6.69. The van der Waals surface area contributed by atoms with E-state index in [0.29, 0.717) is 23.7 Å². The number of benzene rings is 1. The number of aliphatic hydroxyl groups is 1. The van der Waals surface area contributed by atoms with Crippen molar-refractivity contribution >= 4 is 0 Å². The number of hydrogen-bond acceptors (Lipinski definition) is 1. The minimum atomic E-state index is 0.283. The van der Waals surface area contributed by atoms with E-state index in [-0.39, 0.29) is 6.61 Å². The Labute approximate surface area is 109 Å². The van der Waals surface area contributed by atoms with Gasteiger partial charge in [-0.1, -0.05) is 54.1 Å². The van der Waals surface area contributed by atoms with E-state index >= 15 is 0 Å². The van der Waals surface area contributed by atoms with Gasteiger partial charge >= 0.3 is 0 Å². The lowest BCUT2D eigenvalue weighted by molar-refractivity contribution is 0.212. The number of aliphatic hydroxyl groups excluding tert-OH is 1. The Bertz CT molecular complexity index is 500. The number of fused-ring (bicyclic) bond motifs is 2. The maximum Gasteiger partial charge on any atom is 0.0468 e. The lowest BCUT2D eigenvalue weighted by Gasteiger charge is -2.27. The van der Waals surface area contributed by atoms with Gasteiger partial charge in [0.05, 0.1) is 0 Å². The van der Waals surface area contributed by atoms with Crippen molar-refractivity contribution in [2.75, 3.05) is 6.61 Å². The summed E-state index contributed by atoms with van der Waals surface area (Å²) in [7, 11) is 0. The van der Waals surface area contributed by atoms with Gasteiger partial charge in [0.2, 0.25) is 0 Å². The van der Waals surface area contributed by atoms with Gasteiger partial charge in [-0.05, 0) is 30.7 Å². The Balaban J connectivity index is 1.95. The second kappa shape index (κ2) is 4.40.